The van der Waals surface area contributed by atoms with Crippen LogP contribution in [-0.4, -0.2) is 12.5 Å². The molecule has 24 heavy (non-hydrogen) atoms. The van der Waals surface area contributed by atoms with Crippen LogP contribution in [-0.2, 0) is 0 Å². The lowest BCUT2D eigenvalue weighted by molar-refractivity contribution is 0.101. The number of amides is 1. The van der Waals surface area contributed by atoms with Crippen LogP contribution in [0.3, 0.4) is 0 Å². The van der Waals surface area contributed by atoms with Crippen LogP contribution in [0.4, 0.5) is 23.2 Å². The van der Waals surface area contributed by atoms with Crippen LogP contribution in [0.15, 0.2) is 24.3 Å². The zero-order valence-corrected chi connectivity index (χ0v) is 12.2. The molecule has 0 radical (unpaired) electrons. The maximum Gasteiger partial charge on any atom is 0.262 e. The molecule has 0 saturated heterocycles. The number of carbonyl (C=O) groups excluding carboxylic acids is 1. The minimum absolute atomic E-state index is 0.0851. The molecule has 0 saturated carbocycles. The van der Waals surface area contributed by atoms with Crippen molar-refractivity contribution < 1.29 is 27.1 Å². The standard InChI is InChI=1S/C16H12F4N2O2/c17-8-2-1-7(5-9(8)18)22-16(23)14-11(20)6-10(19)13-12(21)3-4-24-15(13)14/h1-2,5-6,12H,3-4,21H2,(H,22,23). The van der Waals surface area contributed by atoms with Crippen molar-refractivity contribution in [1.82, 2.24) is 0 Å². The molecule has 1 aliphatic rings. The molecule has 0 aliphatic carbocycles. The summed E-state index contributed by atoms with van der Waals surface area (Å²) < 4.78 is 59.4. The third-order valence-electron chi connectivity index (χ3n) is 3.67. The smallest absolute Gasteiger partial charge is 0.262 e. The molecule has 3 N–H and O–H groups in total. The van der Waals surface area contributed by atoms with Gasteiger partial charge in [0, 0.05) is 35.8 Å². The van der Waals surface area contributed by atoms with Gasteiger partial charge in [-0.05, 0) is 12.1 Å². The van der Waals surface area contributed by atoms with Gasteiger partial charge in [0.2, 0.25) is 0 Å². The Labute approximate surface area is 134 Å². The predicted octanol–water partition coefficient (Wildman–Crippen LogP) is 3.28. The fraction of sp³-hybridized carbons (Fsp3) is 0.188. The monoisotopic (exact) mass is 340 g/mol. The summed E-state index contributed by atoms with van der Waals surface area (Å²) in [5.74, 6) is -5.56. The van der Waals surface area contributed by atoms with Crippen molar-refractivity contribution >= 4 is 11.6 Å². The molecule has 3 rings (SSSR count). The van der Waals surface area contributed by atoms with E-state index in [0.29, 0.717) is 12.5 Å². The molecular weight excluding hydrogens is 328 g/mol. The second-order valence-corrected chi connectivity index (χ2v) is 5.28. The van der Waals surface area contributed by atoms with E-state index in [0.717, 1.165) is 18.2 Å². The minimum Gasteiger partial charge on any atom is -0.492 e. The Morgan fingerprint density at radius 3 is 2.54 bits per heavy atom. The fourth-order valence-electron chi connectivity index (χ4n) is 2.52. The first-order chi connectivity index (χ1) is 11.4. The Bertz CT molecular complexity index is 826. The van der Waals surface area contributed by atoms with E-state index in [-0.39, 0.29) is 23.6 Å². The Balaban J connectivity index is 2.01. The van der Waals surface area contributed by atoms with Crippen LogP contribution >= 0.6 is 0 Å². The molecule has 1 unspecified atom stereocenters. The summed E-state index contributed by atoms with van der Waals surface area (Å²) in [4.78, 5) is 12.3. The molecule has 2 aromatic carbocycles. The summed E-state index contributed by atoms with van der Waals surface area (Å²) in [5.41, 5.74) is 5.08. The van der Waals surface area contributed by atoms with E-state index in [1.165, 1.54) is 0 Å². The second-order valence-electron chi connectivity index (χ2n) is 5.28. The molecule has 0 aromatic heterocycles. The van der Waals surface area contributed by atoms with Crippen LogP contribution in [0.1, 0.15) is 28.4 Å². The molecule has 1 aliphatic heterocycles. The van der Waals surface area contributed by atoms with Gasteiger partial charge in [-0.3, -0.25) is 4.79 Å². The van der Waals surface area contributed by atoms with Crippen LogP contribution < -0.4 is 15.8 Å². The SMILES string of the molecule is NC1CCOc2c(C(=O)Nc3ccc(F)c(F)c3)c(F)cc(F)c21. The normalized spacial score (nSPS) is 16.3. The topological polar surface area (TPSA) is 64.3 Å². The van der Waals surface area contributed by atoms with E-state index in [2.05, 4.69) is 5.32 Å². The quantitative estimate of drug-likeness (QED) is 0.825. The Morgan fingerprint density at radius 1 is 1.08 bits per heavy atom. The molecule has 0 spiro atoms. The predicted molar refractivity (Wildman–Crippen MR) is 77.7 cm³/mol. The lowest BCUT2D eigenvalue weighted by atomic mass is 9.96. The highest BCUT2D eigenvalue weighted by molar-refractivity contribution is 6.06. The zero-order chi connectivity index (χ0) is 17.4. The van der Waals surface area contributed by atoms with Crippen molar-refractivity contribution in [2.24, 2.45) is 5.73 Å². The van der Waals surface area contributed by atoms with E-state index in [4.69, 9.17) is 10.5 Å². The van der Waals surface area contributed by atoms with E-state index >= 15 is 0 Å². The molecule has 2 aromatic rings. The molecule has 0 bridgehead atoms. The molecule has 4 nitrogen and oxygen atoms in total. The highest BCUT2D eigenvalue weighted by Crippen LogP contribution is 2.37. The number of hydrogen-bond donors (Lipinski definition) is 2. The number of fused-ring (bicyclic) bond motifs is 1. The highest BCUT2D eigenvalue weighted by atomic mass is 19.2. The first-order valence-corrected chi connectivity index (χ1v) is 7.05. The molecule has 1 amide bonds. The van der Waals surface area contributed by atoms with Gasteiger partial charge in [0.25, 0.3) is 5.91 Å². The van der Waals surface area contributed by atoms with Gasteiger partial charge >= 0.3 is 0 Å². The summed E-state index contributed by atoms with van der Waals surface area (Å²) in [5, 5.41) is 2.22. The van der Waals surface area contributed by atoms with Crippen molar-refractivity contribution in [3.05, 3.63) is 58.7 Å². The average molecular weight is 340 g/mol. The highest BCUT2D eigenvalue weighted by Gasteiger charge is 2.30. The summed E-state index contributed by atoms with van der Waals surface area (Å²) in [6.07, 6.45) is 0.319. The lowest BCUT2D eigenvalue weighted by Gasteiger charge is -2.25. The van der Waals surface area contributed by atoms with Crippen molar-refractivity contribution in [3.8, 4) is 5.75 Å². The molecule has 8 heteroatoms. The number of ether oxygens (including phenoxy) is 1. The maximum absolute atomic E-state index is 14.1. The van der Waals surface area contributed by atoms with Gasteiger partial charge in [0.15, 0.2) is 11.6 Å². The molecular formula is C16H12F4N2O2. The van der Waals surface area contributed by atoms with Gasteiger partial charge in [-0.15, -0.1) is 0 Å². The maximum atomic E-state index is 14.1. The first kappa shape index (κ1) is 16.3. The van der Waals surface area contributed by atoms with Crippen LogP contribution in [0.2, 0.25) is 0 Å². The average Bonchev–Trinajstić information content (AvgIpc) is 2.50. The summed E-state index contributed by atoms with van der Waals surface area (Å²) in [7, 11) is 0. The van der Waals surface area contributed by atoms with E-state index in [1.807, 2.05) is 0 Å². The van der Waals surface area contributed by atoms with Crippen LogP contribution in [0.5, 0.6) is 5.75 Å². The van der Waals surface area contributed by atoms with Gasteiger partial charge in [0.1, 0.15) is 22.9 Å². The number of hydrogen-bond acceptors (Lipinski definition) is 3. The summed E-state index contributed by atoms with van der Waals surface area (Å²) in [6.45, 7) is 0.0997. The number of nitrogens with one attached hydrogen (secondary N) is 1. The fourth-order valence-corrected chi connectivity index (χ4v) is 2.52. The summed E-state index contributed by atoms with van der Waals surface area (Å²) >= 11 is 0. The summed E-state index contributed by atoms with van der Waals surface area (Å²) in [6, 6.07) is 2.48. The minimum atomic E-state index is -1.17. The van der Waals surface area contributed by atoms with Crippen molar-refractivity contribution in [1.29, 1.82) is 0 Å². The lowest BCUT2D eigenvalue weighted by Crippen LogP contribution is -2.26. The molecule has 126 valence electrons. The van der Waals surface area contributed by atoms with Gasteiger partial charge in [-0.2, -0.15) is 0 Å². The Hall–Kier alpha value is -2.61. The van der Waals surface area contributed by atoms with Crippen molar-refractivity contribution in [3.63, 3.8) is 0 Å². The Kier molecular flexibility index (Phi) is 4.15. The van der Waals surface area contributed by atoms with Crippen LogP contribution in [0, 0.1) is 23.3 Å². The van der Waals surface area contributed by atoms with Gasteiger partial charge in [-0.1, -0.05) is 0 Å². The van der Waals surface area contributed by atoms with Crippen molar-refractivity contribution in [2.45, 2.75) is 12.5 Å². The largest absolute Gasteiger partial charge is 0.492 e. The molecule has 1 heterocycles. The van der Waals surface area contributed by atoms with Gasteiger partial charge in [0.05, 0.1) is 6.61 Å². The first-order valence-electron chi connectivity index (χ1n) is 7.05. The molecule has 0 fully saturated rings. The molecule has 1 atom stereocenters. The number of anilines is 1. The van der Waals surface area contributed by atoms with Gasteiger partial charge in [-0.25, -0.2) is 17.6 Å². The Morgan fingerprint density at radius 2 is 1.83 bits per heavy atom. The number of halogens is 4. The third kappa shape index (κ3) is 2.80. The second kappa shape index (κ2) is 6.12. The number of carbonyl (C=O) groups is 1. The van der Waals surface area contributed by atoms with E-state index < -0.39 is 40.8 Å². The van der Waals surface area contributed by atoms with Crippen molar-refractivity contribution in [2.75, 3.05) is 11.9 Å². The number of rotatable bonds is 2. The van der Waals surface area contributed by atoms with E-state index in [1.54, 1.807) is 0 Å². The van der Waals surface area contributed by atoms with E-state index in [9.17, 15) is 22.4 Å². The van der Waals surface area contributed by atoms with Gasteiger partial charge < -0.3 is 15.8 Å². The third-order valence-corrected chi connectivity index (χ3v) is 3.67. The number of benzene rings is 2. The number of nitrogens with two attached hydrogens (primary N) is 1. The van der Waals surface area contributed by atoms with Crippen LogP contribution in [0.25, 0.3) is 0 Å². The zero-order valence-electron chi connectivity index (χ0n) is 12.2.